The molecule has 0 saturated carbocycles. The van der Waals surface area contributed by atoms with Crippen molar-refractivity contribution in [3.63, 3.8) is 0 Å². The number of carbonyl (C=O) groups excluding carboxylic acids is 1. The van der Waals surface area contributed by atoms with E-state index < -0.39 is 0 Å². The SMILES string of the molecule is CN1CCN(C(=O)c2cn3cccc(O)c3n2)CC1. The molecular formula is C13H16N4O2. The highest BCUT2D eigenvalue weighted by molar-refractivity contribution is 5.93. The van der Waals surface area contributed by atoms with Crippen LogP contribution in [0.5, 0.6) is 5.75 Å². The fourth-order valence-corrected chi connectivity index (χ4v) is 2.27. The first kappa shape index (κ1) is 12.0. The minimum atomic E-state index is -0.0730. The van der Waals surface area contributed by atoms with Gasteiger partial charge in [0.25, 0.3) is 5.91 Å². The van der Waals surface area contributed by atoms with Crippen LogP contribution in [0.15, 0.2) is 24.5 Å². The zero-order valence-corrected chi connectivity index (χ0v) is 10.8. The van der Waals surface area contributed by atoms with Crippen molar-refractivity contribution in [1.82, 2.24) is 19.2 Å². The summed E-state index contributed by atoms with van der Waals surface area (Å²) < 4.78 is 1.67. The summed E-state index contributed by atoms with van der Waals surface area (Å²) in [5, 5.41) is 9.70. The summed E-state index contributed by atoms with van der Waals surface area (Å²) in [6.45, 7) is 3.19. The molecule has 19 heavy (non-hydrogen) atoms. The average molecular weight is 260 g/mol. The van der Waals surface area contributed by atoms with Crippen LogP contribution in [0.4, 0.5) is 0 Å². The lowest BCUT2D eigenvalue weighted by atomic mass is 10.3. The minimum Gasteiger partial charge on any atom is -0.504 e. The summed E-state index contributed by atoms with van der Waals surface area (Å²) in [5.74, 6) is 0.0103. The number of amides is 1. The number of rotatable bonds is 1. The van der Waals surface area contributed by atoms with E-state index in [1.165, 1.54) is 0 Å². The first-order valence-electron chi connectivity index (χ1n) is 6.29. The van der Waals surface area contributed by atoms with Gasteiger partial charge in [0.15, 0.2) is 11.4 Å². The van der Waals surface area contributed by atoms with Gasteiger partial charge in [-0.25, -0.2) is 4.98 Å². The number of pyridine rings is 1. The maximum absolute atomic E-state index is 12.3. The van der Waals surface area contributed by atoms with E-state index >= 15 is 0 Å². The van der Waals surface area contributed by atoms with Gasteiger partial charge >= 0.3 is 0 Å². The number of carbonyl (C=O) groups is 1. The fraction of sp³-hybridized carbons (Fsp3) is 0.385. The predicted molar refractivity (Wildman–Crippen MR) is 70.3 cm³/mol. The summed E-state index contributed by atoms with van der Waals surface area (Å²) in [6, 6.07) is 3.28. The number of hydrogen-bond donors (Lipinski definition) is 1. The Balaban J connectivity index is 1.87. The van der Waals surface area contributed by atoms with Crippen molar-refractivity contribution in [2.45, 2.75) is 0 Å². The first-order chi connectivity index (χ1) is 9.15. The Morgan fingerprint density at radius 2 is 2.05 bits per heavy atom. The smallest absolute Gasteiger partial charge is 0.274 e. The van der Waals surface area contributed by atoms with Gasteiger partial charge in [-0.05, 0) is 19.2 Å². The van der Waals surface area contributed by atoms with Crippen molar-refractivity contribution in [3.8, 4) is 5.75 Å². The second-order valence-electron chi connectivity index (χ2n) is 4.85. The molecule has 1 saturated heterocycles. The third-order valence-corrected chi connectivity index (χ3v) is 3.47. The van der Waals surface area contributed by atoms with Crippen molar-refractivity contribution in [2.75, 3.05) is 33.2 Å². The van der Waals surface area contributed by atoms with Crippen LogP contribution in [0, 0.1) is 0 Å². The average Bonchev–Trinajstić information content (AvgIpc) is 2.84. The maximum Gasteiger partial charge on any atom is 0.274 e. The monoisotopic (exact) mass is 260 g/mol. The highest BCUT2D eigenvalue weighted by Gasteiger charge is 2.22. The van der Waals surface area contributed by atoms with E-state index in [4.69, 9.17) is 0 Å². The molecule has 1 aliphatic heterocycles. The molecule has 1 N–H and O–H groups in total. The van der Waals surface area contributed by atoms with Crippen LogP contribution in [-0.4, -0.2) is 63.4 Å². The van der Waals surface area contributed by atoms with Gasteiger partial charge in [0.1, 0.15) is 5.69 Å². The Kier molecular flexibility index (Phi) is 2.87. The molecule has 0 atom stereocenters. The van der Waals surface area contributed by atoms with E-state index in [1.54, 1.807) is 33.8 Å². The van der Waals surface area contributed by atoms with Gasteiger partial charge in [-0.1, -0.05) is 0 Å². The first-order valence-corrected chi connectivity index (χ1v) is 6.29. The Morgan fingerprint density at radius 1 is 1.32 bits per heavy atom. The lowest BCUT2D eigenvalue weighted by Crippen LogP contribution is -2.47. The number of imidazole rings is 1. The third kappa shape index (κ3) is 2.15. The van der Waals surface area contributed by atoms with Gasteiger partial charge in [0.2, 0.25) is 0 Å². The van der Waals surface area contributed by atoms with E-state index in [2.05, 4.69) is 9.88 Å². The van der Waals surface area contributed by atoms with Crippen LogP contribution in [-0.2, 0) is 0 Å². The topological polar surface area (TPSA) is 61.1 Å². The van der Waals surface area contributed by atoms with E-state index in [-0.39, 0.29) is 11.7 Å². The van der Waals surface area contributed by atoms with Crippen LogP contribution in [0.1, 0.15) is 10.5 Å². The summed E-state index contributed by atoms with van der Waals surface area (Å²) >= 11 is 0. The zero-order chi connectivity index (χ0) is 13.4. The maximum atomic E-state index is 12.3. The summed E-state index contributed by atoms with van der Waals surface area (Å²) in [4.78, 5) is 20.5. The van der Waals surface area contributed by atoms with Gasteiger partial charge in [0, 0.05) is 38.6 Å². The van der Waals surface area contributed by atoms with Crippen LogP contribution < -0.4 is 0 Å². The molecule has 6 nitrogen and oxygen atoms in total. The van der Waals surface area contributed by atoms with Crippen molar-refractivity contribution in [3.05, 3.63) is 30.2 Å². The Morgan fingerprint density at radius 3 is 2.74 bits per heavy atom. The molecule has 2 aromatic rings. The Labute approximate surface area is 110 Å². The molecule has 3 heterocycles. The number of fused-ring (bicyclic) bond motifs is 1. The second-order valence-corrected chi connectivity index (χ2v) is 4.85. The molecular weight excluding hydrogens is 244 g/mol. The number of piperazine rings is 1. The normalized spacial score (nSPS) is 17.0. The molecule has 0 aliphatic carbocycles. The zero-order valence-electron chi connectivity index (χ0n) is 10.8. The van der Waals surface area contributed by atoms with E-state index in [0.717, 1.165) is 26.2 Å². The Hall–Kier alpha value is -2.08. The van der Waals surface area contributed by atoms with Gasteiger partial charge in [-0.3, -0.25) is 4.79 Å². The molecule has 0 spiro atoms. The van der Waals surface area contributed by atoms with Crippen LogP contribution in [0.2, 0.25) is 0 Å². The van der Waals surface area contributed by atoms with Crippen LogP contribution >= 0.6 is 0 Å². The molecule has 3 rings (SSSR count). The number of hydrogen-bond acceptors (Lipinski definition) is 4. The molecule has 1 fully saturated rings. The van der Waals surface area contributed by atoms with E-state index in [1.807, 2.05) is 7.05 Å². The number of likely N-dealkylation sites (N-methyl/N-ethyl adjacent to an activating group) is 1. The fourth-order valence-electron chi connectivity index (χ4n) is 2.27. The van der Waals surface area contributed by atoms with Crippen LogP contribution in [0.25, 0.3) is 5.65 Å². The molecule has 0 aromatic carbocycles. The number of aromatic hydroxyl groups is 1. The lowest BCUT2D eigenvalue weighted by Gasteiger charge is -2.31. The molecule has 1 amide bonds. The van der Waals surface area contributed by atoms with Gasteiger partial charge in [-0.15, -0.1) is 0 Å². The molecule has 0 radical (unpaired) electrons. The second kappa shape index (κ2) is 4.55. The number of nitrogens with zero attached hydrogens (tertiary/aromatic N) is 4. The molecule has 0 unspecified atom stereocenters. The third-order valence-electron chi connectivity index (χ3n) is 3.47. The van der Waals surface area contributed by atoms with Gasteiger partial charge in [0.05, 0.1) is 0 Å². The standard InChI is InChI=1S/C13H16N4O2/c1-15-5-7-16(8-6-15)13(19)10-9-17-4-2-3-11(18)12(17)14-10/h2-4,9,18H,5-8H2,1H3. The number of aromatic nitrogens is 2. The molecule has 100 valence electrons. The van der Waals surface area contributed by atoms with Crippen molar-refractivity contribution in [1.29, 1.82) is 0 Å². The molecule has 6 heteroatoms. The van der Waals surface area contributed by atoms with E-state index in [9.17, 15) is 9.90 Å². The summed E-state index contributed by atoms with van der Waals surface area (Å²) in [5.41, 5.74) is 0.797. The van der Waals surface area contributed by atoms with Crippen molar-refractivity contribution < 1.29 is 9.90 Å². The quantitative estimate of drug-likeness (QED) is 0.807. The van der Waals surface area contributed by atoms with Gasteiger partial charge < -0.3 is 19.3 Å². The highest BCUT2D eigenvalue weighted by Crippen LogP contribution is 2.17. The Bertz CT molecular complexity index is 614. The summed E-state index contributed by atoms with van der Waals surface area (Å²) in [6.07, 6.45) is 3.43. The molecule has 1 aliphatic rings. The van der Waals surface area contributed by atoms with E-state index in [0.29, 0.717) is 11.3 Å². The minimum absolute atomic E-state index is 0.0730. The summed E-state index contributed by atoms with van der Waals surface area (Å²) in [7, 11) is 2.05. The highest BCUT2D eigenvalue weighted by atomic mass is 16.3. The van der Waals surface area contributed by atoms with Crippen molar-refractivity contribution >= 4 is 11.6 Å². The molecule has 2 aromatic heterocycles. The molecule has 0 bridgehead atoms. The van der Waals surface area contributed by atoms with Crippen LogP contribution in [0.3, 0.4) is 0 Å². The lowest BCUT2D eigenvalue weighted by molar-refractivity contribution is 0.0659. The predicted octanol–water partition coefficient (Wildman–Crippen LogP) is 0.427. The van der Waals surface area contributed by atoms with Gasteiger partial charge in [-0.2, -0.15) is 0 Å². The van der Waals surface area contributed by atoms with Crippen molar-refractivity contribution in [2.24, 2.45) is 0 Å². The largest absolute Gasteiger partial charge is 0.504 e.